The van der Waals surface area contributed by atoms with E-state index in [0.717, 1.165) is 0 Å². The van der Waals surface area contributed by atoms with E-state index in [1.807, 2.05) is 0 Å². The topological polar surface area (TPSA) is 257 Å². The summed E-state index contributed by atoms with van der Waals surface area (Å²) in [5.74, 6) is -3.99. The third-order valence-electron chi connectivity index (χ3n) is 5.25. The highest BCUT2D eigenvalue weighted by molar-refractivity contribution is 6.02. The van der Waals surface area contributed by atoms with Gasteiger partial charge >= 0.3 is 30.7 Å². The number of aliphatic hydroxyl groups is 2. The van der Waals surface area contributed by atoms with E-state index in [-0.39, 0.29) is 74.4 Å². The number of ether oxygens (including phenoxy) is 6. The average molecular weight is 639 g/mol. The van der Waals surface area contributed by atoms with E-state index in [0.29, 0.717) is 19.4 Å². The molecule has 2 aliphatic rings. The molecule has 44 heavy (non-hydrogen) atoms. The summed E-state index contributed by atoms with van der Waals surface area (Å²) in [5, 5.41) is 17.6. The molecule has 0 bridgehead atoms. The second kappa shape index (κ2) is 20.5. The number of hydroxylamine groups is 4. The van der Waals surface area contributed by atoms with Crippen LogP contribution in [0.4, 0.5) is 9.59 Å². The maximum Gasteiger partial charge on any atom is 0.538 e. The van der Waals surface area contributed by atoms with Crippen LogP contribution in [0.25, 0.3) is 0 Å². The smallest absolute Gasteiger partial charge is 0.469 e. The number of nitrogens with zero attached hydrogens (tertiary/aromatic N) is 2. The van der Waals surface area contributed by atoms with Crippen LogP contribution in [0, 0.1) is 0 Å². The number of rotatable bonds is 16. The van der Waals surface area contributed by atoms with Gasteiger partial charge in [-0.25, -0.2) is 9.59 Å². The highest BCUT2D eigenvalue weighted by Gasteiger charge is 2.36. The average Bonchev–Trinajstić information content (AvgIpc) is 3.49. The van der Waals surface area contributed by atoms with Crippen molar-refractivity contribution in [1.82, 2.24) is 10.1 Å². The molecule has 20 heteroatoms. The Morgan fingerprint density at radius 1 is 0.659 bits per heavy atom. The third-order valence-corrected chi connectivity index (χ3v) is 5.25. The Bertz CT molecular complexity index is 945. The number of amides is 4. The molecule has 20 nitrogen and oxygen atoms in total. The molecule has 0 unspecified atom stereocenters. The largest absolute Gasteiger partial charge is 0.538 e. The van der Waals surface area contributed by atoms with Gasteiger partial charge in [-0.3, -0.25) is 38.4 Å². The lowest BCUT2D eigenvalue weighted by Crippen LogP contribution is -2.37. The number of aliphatic hydroxyl groups excluding tert-OH is 2. The summed E-state index contributed by atoms with van der Waals surface area (Å²) in [6, 6.07) is 0. The minimum atomic E-state index is -2.13. The first kappa shape index (κ1) is 37.6. The Kier molecular flexibility index (Phi) is 17.5. The van der Waals surface area contributed by atoms with Crippen LogP contribution in [0.1, 0.15) is 51.4 Å². The van der Waals surface area contributed by atoms with Crippen molar-refractivity contribution in [2.45, 2.75) is 63.9 Å². The summed E-state index contributed by atoms with van der Waals surface area (Å²) in [7, 11) is 2.50. The first-order chi connectivity index (χ1) is 20.9. The van der Waals surface area contributed by atoms with Crippen LogP contribution in [0.2, 0.25) is 0 Å². The Morgan fingerprint density at radius 2 is 1.02 bits per heavy atom. The van der Waals surface area contributed by atoms with Crippen molar-refractivity contribution >= 4 is 47.9 Å². The fourth-order valence-corrected chi connectivity index (χ4v) is 2.99. The summed E-state index contributed by atoms with van der Waals surface area (Å²) >= 11 is 0. The van der Waals surface area contributed by atoms with E-state index < -0.39 is 54.5 Å². The molecule has 248 valence electrons. The van der Waals surface area contributed by atoms with Gasteiger partial charge in [0, 0.05) is 45.1 Å². The van der Waals surface area contributed by atoms with Gasteiger partial charge < -0.3 is 38.6 Å². The molecule has 0 aliphatic carbocycles. The standard InChI is InChI=1S/C16H18N2O13.C8H16O5/c1-26-13(23)3-2-8-27-16(28-14(24)30-17-9(19)4-5-10(17)20)29-15(25)31-18-11(21)6-7-12(18)22;1-12-8(11)3-2-4-13-7(5-9)6-10/h16H,2-8H2,1H3;7,9-10H,2-6H2,1H3. The van der Waals surface area contributed by atoms with Crippen LogP contribution >= 0.6 is 0 Å². The lowest BCUT2D eigenvalue weighted by Gasteiger charge is -2.20. The van der Waals surface area contributed by atoms with E-state index in [1.165, 1.54) is 14.2 Å². The van der Waals surface area contributed by atoms with Gasteiger partial charge in [0.2, 0.25) is 0 Å². The van der Waals surface area contributed by atoms with Crippen molar-refractivity contribution in [3.05, 3.63) is 0 Å². The molecule has 0 saturated carbocycles. The van der Waals surface area contributed by atoms with Gasteiger partial charge in [-0.15, -0.1) is 0 Å². The zero-order valence-electron chi connectivity index (χ0n) is 24.0. The number of hydrogen-bond acceptors (Lipinski definition) is 18. The fourth-order valence-electron chi connectivity index (χ4n) is 2.99. The molecule has 0 spiro atoms. The maximum absolute atomic E-state index is 11.8. The van der Waals surface area contributed by atoms with Gasteiger partial charge in [-0.1, -0.05) is 10.1 Å². The summed E-state index contributed by atoms with van der Waals surface area (Å²) in [6.45, 7) is -2.51. The Morgan fingerprint density at radius 3 is 1.36 bits per heavy atom. The van der Waals surface area contributed by atoms with Crippen LogP contribution < -0.4 is 0 Å². The quantitative estimate of drug-likeness (QED) is 0.0674. The fraction of sp³-hybridized carbons (Fsp3) is 0.667. The second-order valence-electron chi connectivity index (χ2n) is 8.46. The van der Waals surface area contributed by atoms with Crippen LogP contribution in [0.5, 0.6) is 0 Å². The maximum atomic E-state index is 11.8. The van der Waals surface area contributed by atoms with Crippen LogP contribution in [0.15, 0.2) is 0 Å². The first-order valence-electron chi connectivity index (χ1n) is 13.0. The molecule has 0 radical (unpaired) electrons. The van der Waals surface area contributed by atoms with Crippen molar-refractivity contribution in [3.63, 3.8) is 0 Å². The van der Waals surface area contributed by atoms with Crippen molar-refractivity contribution < 1.29 is 86.7 Å². The van der Waals surface area contributed by atoms with Gasteiger partial charge in [0.15, 0.2) is 0 Å². The number of carbonyl (C=O) groups is 8. The highest BCUT2D eigenvalue weighted by atomic mass is 17.0. The summed E-state index contributed by atoms with van der Waals surface area (Å²) < 4.78 is 28.0. The molecule has 0 aromatic carbocycles. The summed E-state index contributed by atoms with van der Waals surface area (Å²) in [4.78, 5) is 100. The first-order valence-corrected chi connectivity index (χ1v) is 13.0. The number of carbonyl (C=O) groups excluding carboxylic acids is 8. The molecule has 2 aliphatic heterocycles. The Hall–Kier alpha value is -4.40. The van der Waals surface area contributed by atoms with Crippen molar-refractivity contribution in [2.75, 3.05) is 40.6 Å². The van der Waals surface area contributed by atoms with E-state index in [1.54, 1.807) is 0 Å². The SMILES string of the molecule is COC(=O)CCCOC(CO)CO.COC(=O)CCCOC(OC(=O)ON1C(=O)CCC1=O)OC(=O)ON1C(=O)CCC1=O. The number of esters is 2. The van der Waals surface area contributed by atoms with E-state index in [4.69, 9.17) is 19.7 Å². The molecule has 0 aromatic heterocycles. The van der Waals surface area contributed by atoms with Crippen molar-refractivity contribution in [1.29, 1.82) is 0 Å². The normalized spacial score (nSPS) is 14.4. The molecule has 0 aromatic rings. The van der Waals surface area contributed by atoms with E-state index in [2.05, 4.69) is 28.6 Å². The lowest BCUT2D eigenvalue weighted by molar-refractivity contribution is -0.265. The summed E-state index contributed by atoms with van der Waals surface area (Å²) in [6.07, 6.45) is -3.68. The highest BCUT2D eigenvalue weighted by Crippen LogP contribution is 2.16. The predicted octanol–water partition coefficient (Wildman–Crippen LogP) is -1.02. The molecule has 2 fully saturated rings. The molecule has 2 saturated heterocycles. The number of hydrogen-bond donors (Lipinski definition) is 2. The Labute approximate surface area is 249 Å². The second-order valence-corrected chi connectivity index (χ2v) is 8.46. The molecule has 4 amide bonds. The van der Waals surface area contributed by atoms with Crippen LogP contribution in [-0.4, -0.2) is 121 Å². The molecule has 2 N–H and O–H groups in total. The van der Waals surface area contributed by atoms with Gasteiger partial charge in [-0.2, -0.15) is 0 Å². The van der Waals surface area contributed by atoms with Gasteiger partial charge in [0.1, 0.15) is 6.10 Å². The molecular weight excluding hydrogens is 604 g/mol. The van der Waals surface area contributed by atoms with Gasteiger partial charge in [0.25, 0.3) is 23.6 Å². The molecular formula is C24H34N2O18. The number of methoxy groups -OCH3 is 2. The van der Waals surface area contributed by atoms with Gasteiger partial charge in [-0.05, 0) is 12.8 Å². The molecule has 0 atom stereocenters. The minimum absolute atomic E-state index is 0.0617. The molecule has 2 rings (SSSR count). The van der Waals surface area contributed by atoms with Crippen LogP contribution in [-0.2, 0) is 66.9 Å². The molecule has 2 heterocycles. The van der Waals surface area contributed by atoms with Gasteiger partial charge in [0.05, 0.1) is 34.0 Å². The zero-order chi connectivity index (χ0) is 33.1. The van der Waals surface area contributed by atoms with Crippen molar-refractivity contribution in [3.8, 4) is 0 Å². The lowest BCUT2D eigenvalue weighted by atomic mass is 10.3. The third kappa shape index (κ3) is 14.2. The van der Waals surface area contributed by atoms with Crippen molar-refractivity contribution in [2.24, 2.45) is 0 Å². The van der Waals surface area contributed by atoms with Crippen LogP contribution in [0.3, 0.4) is 0 Å². The zero-order valence-corrected chi connectivity index (χ0v) is 24.0. The predicted molar refractivity (Wildman–Crippen MR) is 133 cm³/mol. The summed E-state index contributed by atoms with van der Waals surface area (Å²) in [5.41, 5.74) is 0. The minimum Gasteiger partial charge on any atom is -0.469 e. The number of imide groups is 2. The van der Waals surface area contributed by atoms with E-state index in [9.17, 15) is 38.4 Å². The monoisotopic (exact) mass is 638 g/mol. The Balaban J connectivity index is 0.000000627. The van der Waals surface area contributed by atoms with E-state index >= 15 is 0 Å².